The van der Waals surface area contributed by atoms with Crippen molar-refractivity contribution in [3.8, 4) is 6.07 Å². The van der Waals surface area contributed by atoms with Crippen molar-refractivity contribution in [3.05, 3.63) is 47.0 Å². The highest BCUT2D eigenvalue weighted by atomic mass is 32.2. The summed E-state index contributed by atoms with van der Waals surface area (Å²) in [6, 6.07) is 6.31. The van der Waals surface area contributed by atoms with Gasteiger partial charge in [0.25, 0.3) is 0 Å². The Labute approximate surface area is 154 Å². The van der Waals surface area contributed by atoms with E-state index in [9.17, 15) is 21.6 Å². The van der Waals surface area contributed by atoms with Gasteiger partial charge in [-0.25, -0.2) is 18.1 Å². The van der Waals surface area contributed by atoms with Gasteiger partial charge in [0.2, 0.25) is 10.0 Å². The number of halogens is 3. The summed E-state index contributed by atoms with van der Waals surface area (Å²) in [6.45, 7) is 1.99. The summed E-state index contributed by atoms with van der Waals surface area (Å²) in [4.78, 5) is 3.64. The topological polar surface area (TPSA) is 87.8 Å². The largest absolute Gasteiger partial charge is 0.434 e. The van der Waals surface area contributed by atoms with E-state index in [0.29, 0.717) is 24.2 Å². The summed E-state index contributed by atoms with van der Waals surface area (Å²) in [7, 11) is -3.82. The Hall–Kier alpha value is -2.38. The van der Waals surface area contributed by atoms with Crippen molar-refractivity contribution in [2.24, 2.45) is 5.92 Å². The first-order valence-electron chi connectivity index (χ1n) is 8.24. The van der Waals surface area contributed by atoms with Crippen LogP contribution in [0.2, 0.25) is 0 Å². The van der Waals surface area contributed by atoms with Crippen molar-refractivity contribution < 1.29 is 21.6 Å². The van der Waals surface area contributed by atoms with Gasteiger partial charge in [-0.2, -0.15) is 18.4 Å². The van der Waals surface area contributed by atoms with Crippen molar-refractivity contribution >= 4 is 10.0 Å². The van der Waals surface area contributed by atoms with Gasteiger partial charge in [0.1, 0.15) is 5.82 Å². The molecule has 1 aromatic heterocycles. The van der Waals surface area contributed by atoms with Crippen molar-refractivity contribution in [2.75, 3.05) is 6.54 Å². The maximum atomic E-state index is 12.8. The average Bonchev–Trinajstić information content (AvgIpc) is 3.04. The Kier molecular flexibility index (Phi) is 5.01. The third-order valence-corrected chi connectivity index (χ3v) is 6.12. The van der Waals surface area contributed by atoms with Crippen LogP contribution in [0.25, 0.3) is 0 Å². The fraction of sp³-hybridized carbons (Fsp3) is 0.412. The van der Waals surface area contributed by atoms with E-state index in [2.05, 4.69) is 9.71 Å². The lowest BCUT2D eigenvalue weighted by molar-refractivity contribution is -0.141. The highest BCUT2D eigenvalue weighted by Crippen LogP contribution is 2.30. The number of nitrogens with zero attached hydrogens (tertiary/aromatic N) is 3. The van der Waals surface area contributed by atoms with Crippen molar-refractivity contribution in [1.29, 1.82) is 5.26 Å². The monoisotopic (exact) mass is 398 g/mol. The third-order valence-electron chi connectivity index (χ3n) is 4.55. The second kappa shape index (κ2) is 6.98. The van der Waals surface area contributed by atoms with Gasteiger partial charge < -0.3 is 4.57 Å². The second-order valence-corrected chi connectivity index (χ2v) is 8.28. The van der Waals surface area contributed by atoms with Crippen LogP contribution in [0.4, 0.5) is 13.2 Å². The van der Waals surface area contributed by atoms with E-state index >= 15 is 0 Å². The van der Waals surface area contributed by atoms with Crippen LogP contribution >= 0.6 is 0 Å². The fourth-order valence-electron chi connectivity index (χ4n) is 3.08. The third kappa shape index (κ3) is 4.14. The lowest BCUT2D eigenvalue weighted by Gasteiger charge is -2.24. The first kappa shape index (κ1) is 19.4. The van der Waals surface area contributed by atoms with Gasteiger partial charge in [0, 0.05) is 25.7 Å². The van der Waals surface area contributed by atoms with E-state index in [-0.39, 0.29) is 29.5 Å². The molecule has 2 heterocycles. The molecule has 1 aliphatic heterocycles. The number of nitrogens with one attached hydrogen (secondary N) is 1. The van der Waals surface area contributed by atoms with E-state index in [1.54, 1.807) is 13.0 Å². The van der Waals surface area contributed by atoms with Gasteiger partial charge in [0.15, 0.2) is 5.69 Å². The van der Waals surface area contributed by atoms with Gasteiger partial charge in [-0.05, 0) is 37.0 Å². The number of hydrogen-bond donors (Lipinski definition) is 1. The summed E-state index contributed by atoms with van der Waals surface area (Å²) in [5.74, 6) is 0.209. The highest BCUT2D eigenvalue weighted by molar-refractivity contribution is 7.89. The minimum atomic E-state index is -4.50. The van der Waals surface area contributed by atoms with Gasteiger partial charge in [-0.15, -0.1) is 0 Å². The number of sulfonamides is 1. The van der Waals surface area contributed by atoms with Crippen molar-refractivity contribution in [3.63, 3.8) is 0 Å². The van der Waals surface area contributed by atoms with Crippen LogP contribution < -0.4 is 4.72 Å². The first-order chi connectivity index (χ1) is 12.6. The molecule has 0 radical (unpaired) electrons. The molecule has 1 N–H and O–H groups in total. The normalized spacial score (nSPS) is 17.4. The molecule has 27 heavy (non-hydrogen) atoms. The van der Waals surface area contributed by atoms with Crippen molar-refractivity contribution in [2.45, 2.75) is 37.4 Å². The SMILES string of the molecule is Cc1ccc(C#N)cc1S(=O)(=O)NCC1CCc2nc(C(F)(F)F)cn2C1. The Bertz CT molecular complexity index is 1010. The molecular formula is C17H17F3N4O2S. The standard InChI is InChI=1S/C17H17F3N4O2S/c1-11-2-3-12(7-21)6-14(11)27(25,26)22-8-13-4-5-16-23-15(17(18,19)20)10-24(16)9-13/h2-3,6,10,13,22H,4-5,8-9H2,1H3. The molecule has 144 valence electrons. The van der Waals surface area contributed by atoms with Gasteiger partial charge in [-0.1, -0.05) is 6.07 Å². The van der Waals surface area contributed by atoms with E-state index in [0.717, 1.165) is 6.20 Å². The summed E-state index contributed by atoms with van der Waals surface area (Å²) in [5.41, 5.74) is -0.180. The van der Waals surface area contributed by atoms with Gasteiger partial charge in [0.05, 0.1) is 16.5 Å². The molecule has 6 nitrogen and oxygen atoms in total. The number of hydrogen-bond acceptors (Lipinski definition) is 4. The summed E-state index contributed by atoms with van der Waals surface area (Å²) in [5, 5.41) is 8.95. The van der Waals surface area contributed by atoms with Crippen LogP contribution in [0.15, 0.2) is 29.3 Å². The number of imidazole rings is 1. The van der Waals surface area contributed by atoms with Crippen LogP contribution in [-0.4, -0.2) is 24.5 Å². The number of nitriles is 1. The zero-order chi connectivity index (χ0) is 19.8. The molecule has 0 spiro atoms. The smallest absolute Gasteiger partial charge is 0.334 e. The van der Waals surface area contributed by atoms with Gasteiger partial charge in [-0.3, -0.25) is 0 Å². The molecule has 0 saturated carbocycles. The van der Waals surface area contributed by atoms with Crippen molar-refractivity contribution in [1.82, 2.24) is 14.3 Å². The highest BCUT2D eigenvalue weighted by Gasteiger charge is 2.35. The quantitative estimate of drug-likeness (QED) is 0.858. The Balaban J connectivity index is 1.71. The van der Waals surface area contributed by atoms with E-state index < -0.39 is 21.9 Å². The predicted octanol–water partition coefficient (Wildman–Crippen LogP) is 2.62. The van der Waals surface area contributed by atoms with E-state index in [1.165, 1.54) is 16.7 Å². The summed E-state index contributed by atoms with van der Waals surface area (Å²) >= 11 is 0. The Morgan fingerprint density at radius 2 is 2.15 bits per heavy atom. The maximum Gasteiger partial charge on any atom is 0.434 e. The molecule has 10 heteroatoms. The summed E-state index contributed by atoms with van der Waals surface area (Å²) in [6.07, 6.45) is -2.64. The maximum absolute atomic E-state index is 12.8. The van der Waals surface area contributed by atoms with Crippen LogP contribution in [0.1, 0.15) is 29.1 Å². The van der Waals surface area contributed by atoms with Gasteiger partial charge >= 0.3 is 6.18 Å². The number of aromatic nitrogens is 2. The molecule has 1 aromatic carbocycles. The molecule has 1 aliphatic rings. The lowest BCUT2D eigenvalue weighted by atomic mass is 10.00. The Morgan fingerprint density at radius 1 is 1.41 bits per heavy atom. The summed E-state index contributed by atoms with van der Waals surface area (Å²) < 4.78 is 67.4. The molecule has 0 fully saturated rings. The number of alkyl halides is 3. The zero-order valence-corrected chi connectivity index (χ0v) is 15.2. The molecule has 0 amide bonds. The first-order valence-corrected chi connectivity index (χ1v) is 9.72. The fourth-order valence-corrected chi connectivity index (χ4v) is 4.47. The number of rotatable bonds is 4. The Morgan fingerprint density at radius 3 is 2.81 bits per heavy atom. The minimum absolute atomic E-state index is 0.0278. The molecule has 0 aliphatic carbocycles. The average molecular weight is 398 g/mol. The molecule has 1 atom stereocenters. The molecule has 0 saturated heterocycles. The molecular weight excluding hydrogens is 381 g/mol. The van der Waals surface area contributed by atoms with Crippen LogP contribution in [0.3, 0.4) is 0 Å². The second-order valence-electron chi connectivity index (χ2n) is 6.54. The number of aryl methyl sites for hydroxylation is 2. The zero-order valence-electron chi connectivity index (χ0n) is 14.4. The van der Waals surface area contributed by atoms with E-state index in [1.807, 2.05) is 6.07 Å². The van der Waals surface area contributed by atoms with Crippen LogP contribution in [-0.2, 0) is 29.2 Å². The molecule has 2 aromatic rings. The minimum Gasteiger partial charge on any atom is -0.334 e. The predicted molar refractivity (Wildman–Crippen MR) is 90.1 cm³/mol. The number of fused-ring (bicyclic) bond motifs is 1. The van der Waals surface area contributed by atoms with E-state index in [4.69, 9.17) is 5.26 Å². The number of benzene rings is 1. The van der Waals surface area contributed by atoms with Crippen LogP contribution in [0, 0.1) is 24.2 Å². The van der Waals surface area contributed by atoms with Crippen LogP contribution in [0.5, 0.6) is 0 Å². The molecule has 1 unspecified atom stereocenters. The lowest BCUT2D eigenvalue weighted by Crippen LogP contribution is -2.34. The molecule has 3 rings (SSSR count). The molecule has 0 bridgehead atoms.